The molecular weight excluding hydrogens is 406 g/mol. The van der Waals surface area contributed by atoms with Crippen molar-refractivity contribution in [2.75, 3.05) is 6.54 Å². The van der Waals surface area contributed by atoms with Gasteiger partial charge in [-0.15, -0.1) is 0 Å². The number of likely N-dealkylation sites (tertiary alicyclic amines) is 1. The fourth-order valence-electron chi connectivity index (χ4n) is 3.40. The minimum Gasteiger partial charge on any atom is -0.480 e. The van der Waals surface area contributed by atoms with Crippen molar-refractivity contribution in [1.82, 2.24) is 15.5 Å². The Morgan fingerprint density at radius 3 is 2.23 bits per heavy atom. The van der Waals surface area contributed by atoms with Crippen molar-refractivity contribution in [3.63, 3.8) is 0 Å². The van der Waals surface area contributed by atoms with E-state index < -0.39 is 54.3 Å². The number of nitrogens with zero attached hydrogens (tertiary/aromatic N) is 1. The zero-order valence-electron chi connectivity index (χ0n) is 18.6. The lowest BCUT2D eigenvalue weighted by Crippen LogP contribution is -2.58. The average Bonchev–Trinajstić information content (AvgIpc) is 3.18. The fourth-order valence-corrected chi connectivity index (χ4v) is 3.40. The Morgan fingerprint density at radius 1 is 1.13 bits per heavy atom. The summed E-state index contributed by atoms with van der Waals surface area (Å²) >= 11 is 0. The second-order valence-corrected chi connectivity index (χ2v) is 8.40. The molecule has 1 heterocycles. The Bertz CT molecular complexity index is 698. The smallest absolute Gasteiger partial charge is 0.326 e. The van der Waals surface area contributed by atoms with E-state index in [4.69, 9.17) is 11.5 Å². The molecule has 1 aliphatic heterocycles. The number of carboxylic acids is 1. The normalized spacial score (nSPS) is 19.9. The first kappa shape index (κ1) is 26.3. The van der Waals surface area contributed by atoms with Gasteiger partial charge in [0.25, 0.3) is 0 Å². The van der Waals surface area contributed by atoms with Crippen LogP contribution < -0.4 is 22.1 Å². The monoisotopic (exact) mass is 441 g/mol. The zero-order valence-corrected chi connectivity index (χ0v) is 18.6. The molecule has 0 saturated carbocycles. The van der Waals surface area contributed by atoms with E-state index in [1.807, 2.05) is 0 Å². The number of hydrogen-bond donors (Lipinski definition) is 5. The molecule has 4 amide bonds. The van der Waals surface area contributed by atoms with Gasteiger partial charge in [0.15, 0.2) is 0 Å². The number of carbonyl (C=O) groups excluding carboxylic acids is 4. The molecule has 31 heavy (non-hydrogen) atoms. The van der Waals surface area contributed by atoms with Crippen LogP contribution in [-0.2, 0) is 24.0 Å². The van der Waals surface area contributed by atoms with Crippen molar-refractivity contribution in [2.24, 2.45) is 23.3 Å². The van der Waals surface area contributed by atoms with Crippen molar-refractivity contribution in [3.05, 3.63) is 0 Å². The van der Waals surface area contributed by atoms with Gasteiger partial charge in [0.1, 0.15) is 18.1 Å². The fraction of sp³-hybridized carbons (Fsp3) is 0.750. The van der Waals surface area contributed by atoms with Gasteiger partial charge in [-0.3, -0.25) is 19.2 Å². The van der Waals surface area contributed by atoms with Gasteiger partial charge >= 0.3 is 5.97 Å². The van der Waals surface area contributed by atoms with Gasteiger partial charge in [0, 0.05) is 6.54 Å². The molecule has 1 saturated heterocycles. The first-order chi connectivity index (χ1) is 14.4. The van der Waals surface area contributed by atoms with Crippen molar-refractivity contribution in [2.45, 2.75) is 77.5 Å². The molecule has 11 heteroatoms. The Balaban J connectivity index is 2.96. The lowest BCUT2D eigenvalue weighted by molar-refractivity contribution is -0.144. The second-order valence-electron chi connectivity index (χ2n) is 8.40. The first-order valence-electron chi connectivity index (χ1n) is 10.6. The van der Waals surface area contributed by atoms with Crippen LogP contribution in [0, 0.1) is 11.8 Å². The lowest BCUT2D eigenvalue weighted by atomic mass is 9.98. The molecule has 0 aromatic rings. The zero-order chi connectivity index (χ0) is 23.9. The van der Waals surface area contributed by atoms with Gasteiger partial charge in [-0.2, -0.15) is 0 Å². The Kier molecular flexibility index (Phi) is 9.89. The van der Waals surface area contributed by atoms with Gasteiger partial charge in [-0.1, -0.05) is 34.1 Å². The quantitative estimate of drug-likeness (QED) is 0.270. The maximum Gasteiger partial charge on any atom is 0.326 e. The average molecular weight is 442 g/mol. The molecule has 11 nitrogen and oxygen atoms in total. The number of carbonyl (C=O) groups is 5. The molecule has 0 radical (unpaired) electrons. The summed E-state index contributed by atoms with van der Waals surface area (Å²) in [5.41, 5.74) is 11.2. The Labute approximate surface area is 182 Å². The standard InChI is InChI=1S/C20H35N5O6/c1-5-11(4)16(20(30)31)24-17(27)12(9-14(21)26)23-18(28)13-7-6-8-25(13)19(29)15(22)10(2)3/h10-13,15-16H,5-9,22H2,1-4H3,(H2,21,26)(H,23,28)(H,24,27)(H,30,31). The van der Waals surface area contributed by atoms with Crippen LogP contribution in [0.1, 0.15) is 53.4 Å². The van der Waals surface area contributed by atoms with E-state index in [1.54, 1.807) is 27.7 Å². The van der Waals surface area contributed by atoms with Crippen LogP contribution >= 0.6 is 0 Å². The highest BCUT2D eigenvalue weighted by atomic mass is 16.4. The molecule has 0 spiro atoms. The van der Waals surface area contributed by atoms with Gasteiger partial charge in [-0.05, 0) is 24.7 Å². The third-order valence-electron chi connectivity index (χ3n) is 5.66. The predicted molar refractivity (Wildman–Crippen MR) is 112 cm³/mol. The topological polar surface area (TPSA) is 185 Å². The lowest BCUT2D eigenvalue weighted by Gasteiger charge is -2.29. The summed E-state index contributed by atoms with van der Waals surface area (Å²) in [6.45, 7) is 7.41. The molecule has 0 aliphatic carbocycles. The third-order valence-corrected chi connectivity index (χ3v) is 5.66. The summed E-state index contributed by atoms with van der Waals surface area (Å²) in [5, 5.41) is 14.2. The number of hydrogen-bond acceptors (Lipinski definition) is 6. The summed E-state index contributed by atoms with van der Waals surface area (Å²) in [5.74, 6) is -4.33. The first-order valence-corrected chi connectivity index (χ1v) is 10.6. The molecule has 0 aromatic carbocycles. The molecule has 0 bridgehead atoms. The minimum absolute atomic E-state index is 0.112. The van der Waals surface area contributed by atoms with E-state index in [2.05, 4.69) is 10.6 Å². The highest BCUT2D eigenvalue weighted by Crippen LogP contribution is 2.20. The molecule has 5 unspecified atom stereocenters. The molecule has 1 aliphatic rings. The van der Waals surface area contributed by atoms with Crippen LogP contribution in [0.5, 0.6) is 0 Å². The van der Waals surface area contributed by atoms with Gasteiger partial charge in [0.2, 0.25) is 23.6 Å². The van der Waals surface area contributed by atoms with Gasteiger partial charge < -0.3 is 32.1 Å². The molecule has 7 N–H and O–H groups in total. The highest BCUT2D eigenvalue weighted by Gasteiger charge is 2.39. The number of nitrogens with two attached hydrogens (primary N) is 2. The minimum atomic E-state index is -1.35. The molecule has 0 aromatic heterocycles. The van der Waals surface area contributed by atoms with Crippen molar-refractivity contribution < 1.29 is 29.1 Å². The number of primary amides is 1. The largest absolute Gasteiger partial charge is 0.480 e. The van der Waals surface area contributed by atoms with Gasteiger partial charge in [-0.25, -0.2) is 4.79 Å². The van der Waals surface area contributed by atoms with Crippen LogP contribution in [0.25, 0.3) is 0 Å². The predicted octanol–water partition coefficient (Wildman–Crippen LogP) is -1.06. The SMILES string of the molecule is CCC(C)C(NC(=O)C(CC(N)=O)NC(=O)C1CCCN1C(=O)C(N)C(C)C)C(=O)O. The highest BCUT2D eigenvalue weighted by molar-refractivity contribution is 5.96. The van der Waals surface area contributed by atoms with Crippen molar-refractivity contribution in [1.29, 1.82) is 0 Å². The van der Waals surface area contributed by atoms with E-state index in [9.17, 15) is 29.1 Å². The van der Waals surface area contributed by atoms with E-state index in [1.165, 1.54) is 4.90 Å². The van der Waals surface area contributed by atoms with Crippen LogP contribution in [0.15, 0.2) is 0 Å². The molecular formula is C20H35N5O6. The second kappa shape index (κ2) is 11.6. The summed E-state index contributed by atoms with van der Waals surface area (Å²) in [7, 11) is 0. The van der Waals surface area contributed by atoms with Crippen molar-refractivity contribution in [3.8, 4) is 0 Å². The van der Waals surface area contributed by atoms with Crippen LogP contribution in [0.2, 0.25) is 0 Å². The van der Waals surface area contributed by atoms with E-state index in [0.29, 0.717) is 25.8 Å². The number of aliphatic carboxylic acids is 1. The molecule has 1 rings (SSSR count). The maximum atomic E-state index is 12.9. The third kappa shape index (κ3) is 7.20. The molecule has 1 fully saturated rings. The number of carboxylic acid groups (broad SMARTS) is 1. The summed E-state index contributed by atoms with van der Waals surface area (Å²) in [4.78, 5) is 62.5. The number of rotatable bonds is 11. The van der Waals surface area contributed by atoms with Crippen LogP contribution in [-0.4, -0.2) is 70.3 Å². The van der Waals surface area contributed by atoms with Crippen LogP contribution in [0.4, 0.5) is 0 Å². The van der Waals surface area contributed by atoms with Crippen LogP contribution in [0.3, 0.4) is 0 Å². The van der Waals surface area contributed by atoms with E-state index in [-0.39, 0.29) is 17.7 Å². The van der Waals surface area contributed by atoms with E-state index >= 15 is 0 Å². The summed E-state index contributed by atoms with van der Waals surface area (Å²) in [6, 6.07) is -4.12. The number of nitrogens with one attached hydrogen (secondary N) is 2. The van der Waals surface area contributed by atoms with Gasteiger partial charge in [0.05, 0.1) is 12.5 Å². The Hall–Kier alpha value is -2.69. The molecule has 5 atom stereocenters. The maximum absolute atomic E-state index is 12.9. The molecule has 176 valence electrons. The van der Waals surface area contributed by atoms with Crippen molar-refractivity contribution >= 4 is 29.6 Å². The Morgan fingerprint density at radius 2 is 1.74 bits per heavy atom. The van der Waals surface area contributed by atoms with E-state index in [0.717, 1.165) is 0 Å². The summed E-state index contributed by atoms with van der Waals surface area (Å²) < 4.78 is 0. The summed E-state index contributed by atoms with van der Waals surface area (Å²) in [6.07, 6.45) is 0.976. The number of amides is 4.